The van der Waals surface area contributed by atoms with Crippen LogP contribution in [0.3, 0.4) is 0 Å². The number of hydrogen-bond acceptors (Lipinski definition) is 6. The molecular weight excluding hydrogens is 625 g/mol. The van der Waals surface area contributed by atoms with Crippen molar-refractivity contribution in [3.05, 3.63) is 83.0 Å². The van der Waals surface area contributed by atoms with Crippen molar-refractivity contribution in [3.8, 4) is 0 Å². The molecule has 1 fully saturated rings. The zero-order valence-corrected chi connectivity index (χ0v) is 24.7. The van der Waals surface area contributed by atoms with Gasteiger partial charge in [0, 0.05) is 58.5 Å². The summed E-state index contributed by atoms with van der Waals surface area (Å²) in [7, 11) is -3.69. The maximum atomic E-state index is 13.4. The third-order valence-electron chi connectivity index (χ3n) is 6.64. The van der Waals surface area contributed by atoms with Crippen LogP contribution in [0.25, 0.3) is 10.9 Å². The van der Waals surface area contributed by atoms with Crippen LogP contribution in [0.2, 0.25) is 0 Å². The van der Waals surface area contributed by atoms with Gasteiger partial charge in [-0.2, -0.15) is 17.5 Å². The van der Waals surface area contributed by atoms with Crippen molar-refractivity contribution in [2.45, 2.75) is 22.9 Å². The van der Waals surface area contributed by atoms with Gasteiger partial charge in [-0.05, 0) is 66.4 Å². The number of fused-ring (bicyclic) bond motifs is 1. The molecule has 0 amide bonds. The van der Waals surface area contributed by atoms with Crippen molar-refractivity contribution >= 4 is 65.7 Å². The molecule has 3 aromatic carbocycles. The van der Waals surface area contributed by atoms with Gasteiger partial charge in [-0.25, -0.2) is 8.42 Å². The standard InChI is InChI=1S/C28H26BrF3N4O2S2/c1-2-39-27-18-20(29)4-10-26(27)35-13-15-36(16-14-35)40(37,38)22-7-5-21(6-8-22)34-24-11-12-33-25-17-19(28(30,31)32)3-9-23(24)25/h3-12,17-18H,2,13-16H2,1H3,(H,33,34). The van der Waals surface area contributed by atoms with Crippen molar-refractivity contribution in [1.29, 1.82) is 0 Å². The summed E-state index contributed by atoms with van der Waals surface area (Å²) < 4.78 is 68.5. The Bertz CT molecular complexity index is 1630. The first-order valence-electron chi connectivity index (χ1n) is 12.6. The van der Waals surface area contributed by atoms with Crippen LogP contribution >= 0.6 is 27.7 Å². The average molecular weight is 652 g/mol. The molecule has 6 nitrogen and oxygen atoms in total. The summed E-state index contributed by atoms with van der Waals surface area (Å²) in [5.74, 6) is 0.943. The minimum Gasteiger partial charge on any atom is -0.368 e. The average Bonchev–Trinajstić information content (AvgIpc) is 2.93. The molecule has 12 heteroatoms. The van der Waals surface area contributed by atoms with Gasteiger partial charge in [0.05, 0.1) is 21.7 Å². The van der Waals surface area contributed by atoms with Crippen molar-refractivity contribution < 1.29 is 21.6 Å². The van der Waals surface area contributed by atoms with Gasteiger partial charge in [0.2, 0.25) is 10.0 Å². The number of benzene rings is 3. The van der Waals surface area contributed by atoms with Crippen molar-refractivity contribution in [2.75, 3.05) is 42.1 Å². The first kappa shape index (κ1) is 28.7. The van der Waals surface area contributed by atoms with E-state index in [4.69, 9.17) is 0 Å². The predicted molar refractivity (Wildman–Crippen MR) is 158 cm³/mol. The molecule has 0 spiro atoms. The zero-order valence-electron chi connectivity index (χ0n) is 21.5. The Labute approximate surface area is 243 Å². The molecule has 210 valence electrons. The van der Waals surface area contributed by atoms with Crippen molar-refractivity contribution in [3.63, 3.8) is 0 Å². The summed E-state index contributed by atoms with van der Waals surface area (Å²) in [6.07, 6.45) is -3.02. The lowest BCUT2D eigenvalue weighted by molar-refractivity contribution is -0.137. The predicted octanol–water partition coefficient (Wildman–Crippen LogP) is 7.38. The zero-order chi connectivity index (χ0) is 28.5. The molecule has 4 aromatic rings. The third kappa shape index (κ3) is 6.09. The summed E-state index contributed by atoms with van der Waals surface area (Å²) in [5.41, 5.74) is 1.73. The van der Waals surface area contributed by atoms with E-state index in [0.29, 0.717) is 42.9 Å². The van der Waals surface area contributed by atoms with Gasteiger partial charge in [0.25, 0.3) is 0 Å². The van der Waals surface area contributed by atoms with Gasteiger partial charge in [-0.1, -0.05) is 28.9 Å². The second-order valence-electron chi connectivity index (χ2n) is 9.17. The van der Waals surface area contributed by atoms with E-state index >= 15 is 0 Å². The van der Waals surface area contributed by atoms with E-state index in [9.17, 15) is 21.6 Å². The van der Waals surface area contributed by atoms with Crippen molar-refractivity contribution in [2.24, 2.45) is 0 Å². The Hall–Kier alpha value is -2.80. The molecule has 40 heavy (non-hydrogen) atoms. The van der Waals surface area contributed by atoms with Crippen LogP contribution < -0.4 is 10.2 Å². The highest BCUT2D eigenvalue weighted by Gasteiger charge is 2.31. The second kappa shape index (κ2) is 11.6. The fourth-order valence-electron chi connectivity index (χ4n) is 4.64. The number of piperazine rings is 1. The molecule has 0 unspecified atom stereocenters. The maximum absolute atomic E-state index is 13.4. The molecule has 5 rings (SSSR count). The van der Waals surface area contributed by atoms with Gasteiger partial charge >= 0.3 is 6.18 Å². The molecule has 1 saturated heterocycles. The van der Waals surface area contributed by atoms with Gasteiger partial charge in [0.15, 0.2) is 0 Å². The fraction of sp³-hybridized carbons (Fsp3) is 0.250. The molecule has 0 radical (unpaired) electrons. The summed E-state index contributed by atoms with van der Waals surface area (Å²) in [6.45, 7) is 4.02. The van der Waals surface area contributed by atoms with Crippen LogP contribution in [0.4, 0.5) is 30.2 Å². The number of hydrogen-bond donors (Lipinski definition) is 1. The van der Waals surface area contributed by atoms with Gasteiger partial charge in [-0.15, -0.1) is 11.8 Å². The quantitative estimate of drug-likeness (QED) is 0.211. The molecule has 0 saturated carbocycles. The summed E-state index contributed by atoms with van der Waals surface area (Å²) in [5, 5.41) is 3.69. The lowest BCUT2D eigenvalue weighted by Crippen LogP contribution is -2.48. The maximum Gasteiger partial charge on any atom is 0.416 e. The second-order valence-corrected chi connectivity index (χ2v) is 13.3. The van der Waals surface area contributed by atoms with E-state index in [1.807, 2.05) is 6.07 Å². The van der Waals surface area contributed by atoms with Crippen molar-refractivity contribution in [1.82, 2.24) is 9.29 Å². The Morgan fingerprint density at radius 3 is 2.38 bits per heavy atom. The molecule has 0 atom stereocenters. The molecule has 1 aromatic heterocycles. The largest absolute Gasteiger partial charge is 0.416 e. The summed E-state index contributed by atoms with van der Waals surface area (Å²) in [6, 6.07) is 17.6. The Morgan fingerprint density at radius 1 is 0.975 bits per heavy atom. The molecule has 0 bridgehead atoms. The Balaban J connectivity index is 1.28. The highest BCUT2D eigenvalue weighted by molar-refractivity contribution is 9.10. The van der Waals surface area contributed by atoms with E-state index in [0.717, 1.165) is 28.0 Å². The molecule has 1 aliphatic rings. The number of rotatable bonds is 7. The summed E-state index contributed by atoms with van der Waals surface area (Å²) >= 11 is 5.29. The first-order chi connectivity index (χ1) is 19.1. The number of thioether (sulfide) groups is 1. The SMILES string of the molecule is CCSc1cc(Br)ccc1N1CCN(S(=O)(=O)c2ccc(Nc3ccnc4cc(C(F)(F)F)ccc34)cc2)CC1. The van der Waals surface area contributed by atoms with Gasteiger partial charge < -0.3 is 10.2 Å². The lowest BCUT2D eigenvalue weighted by Gasteiger charge is -2.36. The number of nitrogens with one attached hydrogen (secondary N) is 1. The minimum atomic E-state index is -4.46. The van der Waals surface area contributed by atoms with E-state index in [2.05, 4.69) is 50.2 Å². The van der Waals surface area contributed by atoms with Crippen LogP contribution in [0.15, 0.2) is 87.2 Å². The molecule has 2 heterocycles. The molecule has 0 aliphatic carbocycles. The number of aromatic nitrogens is 1. The van der Waals surface area contributed by atoms with Crippen LogP contribution in [0.1, 0.15) is 12.5 Å². The van der Waals surface area contributed by atoms with Gasteiger partial charge in [-0.3, -0.25) is 4.98 Å². The minimum absolute atomic E-state index is 0.187. The molecule has 1 aliphatic heterocycles. The number of alkyl halides is 3. The normalized spacial score (nSPS) is 15.0. The van der Waals surface area contributed by atoms with E-state index in [1.165, 1.54) is 21.5 Å². The van der Waals surface area contributed by atoms with Crippen LogP contribution in [0.5, 0.6) is 0 Å². The lowest BCUT2D eigenvalue weighted by atomic mass is 10.1. The molecular formula is C28H26BrF3N4O2S2. The highest BCUT2D eigenvalue weighted by Crippen LogP contribution is 2.35. The number of nitrogens with zero attached hydrogens (tertiary/aromatic N) is 3. The first-order valence-corrected chi connectivity index (χ1v) is 15.8. The van der Waals surface area contributed by atoms with E-state index < -0.39 is 21.8 Å². The van der Waals surface area contributed by atoms with E-state index in [-0.39, 0.29) is 10.4 Å². The van der Waals surface area contributed by atoms with Crippen LogP contribution in [-0.2, 0) is 16.2 Å². The number of anilines is 3. The number of sulfonamides is 1. The van der Waals surface area contributed by atoms with Crippen LogP contribution in [-0.4, -0.2) is 49.6 Å². The Morgan fingerprint density at radius 2 is 1.70 bits per heavy atom. The number of pyridine rings is 1. The van der Waals surface area contributed by atoms with E-state index in [1.54, 1.807) is 42.1 Å². The highest BCUT2D eigenvalue weighted by atomic mass is 79.9. The van der Waals surface area contributed by atoms with Crippen LogP contribution in [0, 0.1) is 0 Å². The third-order valence-corrected chi connectivity index (χ3v) is 9.97. The van der Waals surface area contributed by atoms with Gasteiger partial charge in [0.1, 0.15) is 0 Å². The summed E-state index contributed by atoms with van der Waals surface area (Å²) in [4.78, 5) is 7.64. The Kier molecular flexibility index (Phi) is 8.32. The number of halogens is 4. The molecule has 1 N–H and O–H groups in total. The smallest absolute Gasteiger partial charge is 0.368 e. The fourth-order valence-corrected chi connectivity index (χ4v) is 7.44. The topological polar surface area (TPSA) is 65.5 Å². The monoisotopic (exact) mass is 650 g/mol.